The maximum absolute atomic E-state index is 10.6. The number of ether oxygens (including phenoxy) is 2. The molecule has 0 aromatic heterocycles. The van der Waals surface area contributed by atoms with Crippen molar-refractivity contribution in [2.24, 2.45) is 0 Å². The smallest absolute Gasteiger partial charge is 0.345 e. The number of aliphatic hydroxyl groups excluding tert-OH is 2. The van der Waals surface area contributed by atoms with Crippen LogP contribution in [-0.2, 0) is 23.9 Å². The lowest BCUT2D eigenvalue weighted by Gasteiger charge is -2.05. The molecule has 0 aliphatic rings. The van der Waals surface area contributed by atoms with Gasteiger partial charge in [0.2, 0.25) is 0 Å². The zero-order valence-electron chi connectivity index (χ0n) is 11.1. The highest BCUT2D eigenvalue weighted by molar-refractivity contribution is 5.96. The standard InChI is InChI=1S/C7H10O5.C5H8O2/c1-4(2)6(10)12-7(11)5(9)3-8;1-4(2)5(6)7-3/h5,8-9H,1,3H2,2H3;1H2,2-3H3. The molecule has 7 heteroatoms. The van der Waals surface area contributed by atoms with E-state index in [0.717, 1.165) is 0 Å². The van der Waals surface area contributed by atoms with Crippen molar-refractivity contribution in [2.75, 3.05) is 13.7 Å². The Balaban J connectivity index is 0. The minimum Gasteiger partial charge on any atom is -0.466 e. The summed E-state index contributed by atoms with van der Waals surface area (Å²) in [6.07, 6.45) is -1.67. The first-order valence-corrected chi connectivity index (χ1v) is 5.11. The number of esters is 3. The van der Waals surface area contributed by atoms with Crippen LogP contribution in [0.3, 0.4) is 0 Å². The minimum absolute atomic E-state index is 0.0495. The van der Waals surface area contributed by atoms with Crippen LogP contribution in [0.1, 0.15) is 13.8 Å². The lowest BCUT2D eigenvalue weighted by Crippen LogP contribution is -2.28. The molecule has 1 atom stereocenters. The van der Waals surface area contributed by atoms with Crippen LogP contribution in [0.5, 0.6) is 0 Å². The van der Waals surface area contributed by atoms with Gasteiger partial charge in [0.1, 0.15) is 0 Å². The Hall–Kier alpha value is -1.99. The molecule has 0 saturated heterocycles. The van der Waals surface area contributed by atoms with Crippen LogP contribution in [0.2, 0.25) is 0 Å². The van der Waals surface area contributed by atoms with Crippen molar-refractivity contribution in [3.05, 3.63) is 24.3 Å². The Bertz CT molecular complexity index is 370. The molecule has 0 saturated carbocycles. The Morgan fingerprint density at radius 3 is 1.74 bits per heavy atom. The largest absolute Gasteiger partial charge is 0.466 e. The van der Waals surface area contributed by atoms with Crippen LogP contribution in [-0.4, -0.2) is 47.9 Å². The summed E-state index contributed by atoms with van der Waals surface area (Å²) in [4.78, 5) is 31.4. The van der Waals surface area contributed by atoms with Gasteiger partial charge in [-0.05, 0) is 13.8 Å². The van der Waals surface area contributed by atoms with Crippen molar-refractivity contribution < 1.29 is 34.1 Å². The molecule has 0 amide bonds. The highest BCUT2D eigenvalue weighted by atomic mass is 16.6. The van der Waals surface area contributed by atoms with Gasteiger partial charge in [0.25, 0.3) is 0 Å². The third-order valence-corrected chi connectivity index (χ3v) is 1.52. The predicted molar refractivity (Wildman–Crippen MR) is 65.8 cm³/mol. The van der Waals surface area contributed by atoms with Crippen molar-refractivity contribution in [3.8, 4) is 0 Å². The number of rotatable bonds is 4. The summed E-state index contributed by atoms with van der Waals surface area (Å²) in [7, 11) is 1.33. The molecule has 0 aromatic carbocycles. The molecular weight excluding hydrogens is 256 g/mol. The first-order valence-electron chi connectivity index (χ1n) is 5.11. The van der Waals surface area contributed by atoms with Crippen molar-refractivity contribution in [3.63, 3.8) is 0 Å². The summed E-state index contributed by atoms with van der Waals surface area (Å²) in [6.45, 7) is 8.76. The molecule has 7 nitrogen and oxygen atoms in total. The fourth-order valence-corrected chi connectivity index (χ4v) is 0.495. The van der Waals surface area contributed by atoms with Gasteiger partial charge in [-0.1, -0.05) is 13.2 Å². The maximum atomic E-state index is 10.6. The molecule has 0 aromatic rings. The fraction of sp³-hybridized carbons (Fsp3) is 0.417. The number of hydrogen-bond acceptors (Lipinski definition) is 7. The second-order valence-corrected chi connectivity index (χ2v) is 3.46. The van der Waals surface area contributed by atoms with E-state index in [1.807, 2.05) is 0 Å². The lowest BCUT2D eigenvalue weighted by molar-refractivity contribution is -0.164. The monoisotopic (exact) mass is 274 g/mol. The summed E-state index contributed by atoms with van der Waals surface area (Å²) in [5.74, 6) is -2.43. The molecule has 0 spiro atoms. The zero-order valence-corrected chi connectivity index (χ0v) is 11.1. The van der Waals surface area contributed by atoms with E-state index in [1.54, 1.807) is 6.92 Å². The van der Waals surface area contributed by atoms with Crippen LogP contribution in [0.4, 0.5) is 0 Å². The van der Waals surface area contributed by atoms with E-state index in [0.29, 0.717) is 5.57 Å². The summed E-state index contributed by atoms with van der Waals surface area (Å²) in [5, 5.41) is 16.9. The van der Waals surface area contributed by atoms with Gasteiger partial charge in [-0.25, -0.2) is 14.4 Å². The Labute approximate surface area is 111 Å². The minimum atomic E-state index is -1.67. The molecule has 0 fully saturated rings. The Kier molecular flexibility index (Phi) is 10.2. The van der Waals surface area contributed by atoms with Crippen molar-refractivity contribution in [2.45, 2.75) is 20.0 Å². The topological polar surface area (TPSA) is 110 Å². The second kappa shape index (κ2) is 9.98. The summed E-state index contributed by atoms with van der Waals surface area (Å²) in [5.41, 5.74) is 0.482. The normalized spacial score (nSPS) is 10.4. The van der Waals surface area contributed by atoms with Crippen molar-refractivity contribution >= 4 is 17.9 Å². The number of methoxy groups -OCH3 is 1. The average molecular weight is 274 g/mol. The molecule has 2 N–H and O–H groups in total. The first kappa shape index (κ1) is 19.4. The van der Waals surface area contributed by atoms with Gasteiger partial charge in [0.15, 0.2) is 6.10 Å². The first-order chi connectivity index (χ1) is 8.67. The predicted octanol–water partition coefficient (Wildman–Crippen LogP) is -0.279. The molecule has 0 aliphatic heterocycles. The van der Waals surface area contributed by atoms with E-state index in [1.165, 1.54) is 14.0 Å². The Morgan fingerprint density at radius 1 is 1.11 bits per heavy atom. The van der Waals surface area contributed by atoms with Crippen LogP contribution in [0, 0.1) is 0 Å². The van der Waals surface area contributed by atoms with E-state index in [4.69, 9.17) is 10.2 Å². The zero-order chi connectivity index (χ0) is 15.6. The average Bonchev–Trinajstić information content (AvgIpc) is 2.36. The number of carbonyl (C=O) groups is 3. The molecule has 19 heavy (non-hydrogen) atoms. The molecule has 108 valence electrons. The number of carbonyl (C=O) groups excluding carboxylic acids is 3. The van der Waals surface area contributed by atoms with Crippen LogP contribution in [0.25, 0.3) is 0 Å². The molecule has 0 bridgehead atoms. The van der Waals surface area contributed by atoms with Gasteiger partial charge in [-0.2, -0.15) is 0 Å². The fourth-order valence-electron chi connectivity index (χ4n) is 0.495. The maximum Gasteiger partial charge on any atom is 0.345 e. The van der Waals surface area contributed by atoms with E-state index < -0.39 is 24.6 Å². The Morgan fingerprint density at radius 2 is 1.53 bits per heavy atom. The third-order valence-electron chi connectivity index (χ3n) is 1.52. The van der Waals surface area contributed by atoms with E-state index in [2.05, 4.69) is 22.6 Å². The van der Waals surface area contributed by atoms with Gasteiger partial charge in [-0.15, -0.1) is 0 Å². The molecule has 0 aliphatic carbocycles. The highest BCUT2D eigenvalue weighted by Crippen LogP contribution is 1.95. The molecule has 0 rings (SSSR count). The van der Waals surface area contributed by atoms with Crippen LogP contribution < -0.4 is 0 Å². The van der Waals surface area contributed by atoms with Gasteiger partial charge >= 0.3 is 17.9 Å². The van der Waals surface area contributed by atoms with Gasteiger partial charge in [-0.3, -0.25) is 0 Å². The lowest BCUT2D eigenvalue weighted by atomic mass is 10.3. The van der Waals surface area contributed by atoms with Gasteiger partial charge in [0.05, 0.1) is 13.7 Å². The van der Waals surface area contributed by atoms with E-state index in [9.17, 15) is 14.4 Å². The molecule has 1 unspecified atom stereocenters. The molecular formula is C12H18O7. The van der Waals surface area contributed by atoms with E-state index >= 15 is 0 Å². The quantitative estimate of drug-likeness (QED) is 0.412. The SMILES string of the molecule is C=C(C)C(=O)OC.C=C(C)C(=O)OC(=O)C(O)CO. The van der Waals surface area contributed by atoms with E-state index in [-0.39, 0.29) is 11.5 Å². The van der Waals surface area contributed by atoms with Crippen LogP contribution >= 0.6 is 0 Å². The van der Waals surface area contributed by atoms with Gasteiger partial charge in [0, 0.05) is 11.1 Å². The summed E-state index contributed by atoms with van der Waals surface area (Å²) < 4.78 is 8.35. The summed E-state index contributed by atoms with van der Waals surface area (Å²) >= 11 is 0. The second-order valence-electron chi connectivity index (χ2n) is 3.46. The van der Waals surface area contributed by atoms with Crippen molar-refractivity contribution in [1.82, 2.24) is 0 Å². The molecule has 0 radical (unpaired) electrons. The third kappa shape index (κ3) is 9.69. The number of aliphatic hydroxyl groups is 2. The van der Waals surface area contributed by atoms with Crippen LogP contribution in [0.15, 0.2) is 24.3 Å². The summed E-state index contributed by atoms with van der Waals surface area (Å²) in [6, 6.07) is 0. The van der Waals surface area contributed by atoms with Gasteiger partial charge < -0.3 is 19.7 Å². The number of hydrogen-bond donors (Lipinski definition) is 2. The van der Waals surface area contributed by atoms with Crippen molar-refractivity contribution in [1.29, 1.82) is 0 Å². The highest BCUT2D eigenvalue weighted by Gasteiger charge is 2.19. The molecule has 0 heterocycles.